The molecule has 0 saturated carbocycles. The largest absolute Gasteiger partial charge is 0.426 e. The van der Waals surface area contributed by atoms with Gasteiger partial charge in [0.25, 0.3) is 6.43 Å². The number of fused-ring (bicyclic) bond motifs is 1. The number of nitrogens with two attached hydrogens (primary N) is 1. The van der Waals surface area contributed by atoms with E-state index in [0.717, 1.165) is 0 Å². The summed E-state index contributed by atoms with van der Waals surface area (Å²) in [6.07, 6.45) is -2.96. The smallest absolute Gasteiger partial charge is 0.298 e. The molecule has 16 heavy (non-hydrogen) atoms. The molecule has 3 N–H and O–H groups in total. The molecule has 2 heterocycles. The van der Waals surface area contributed by atoms with Crippen LogP contribution in [0.15, 0.2) is 0 Å². The van der Waals surface area contributed by atoms with Gasteiger partial charge in [0.05, 0.1) is 10.7 Å². The van der Waals surface area contributed by atoms with Gasteiger partial charge in [0, 0.05) is 0 Å². The van der Waals surface area contributed by atoms with Crippen LogP contribution in [0.2, 0.25) is 10.2 Å². The molecule has 0 aromatic carbocycles. The summed E-state index contributed by atoms with van der Waals surface area (Å²) in [5.74, 6) is -0.869. The van der Waals surface area contributed by atoms with Crippen molar-refractivity contribution in [3.63, 3.8) is 0 Å². The number of hydrogen-bond acceptors (Lipinski definition) is 4. The molecule has 0 bridgehead atoms. The number of halogens is 4. The topological polar surface area (TPSA) is 77.0 Å². The van der Waals surface area contributed by atoms with Gasteiger partial charge in [-0.3, -0.25) is 0 Å². The number of pyridine rings is 1. The second-order valence-electron chi connectivity index (χ2n) is 2.88. The minimum absolute atomic E-state index is 0.105. The Balaban J connectivity index is 2.88. The first-order chi connectivity index (χ1) is 7.43. The minimum atomic E-state index is -2.96. The van der Waals surface area contributed by atoms with Crippen LogP contribution in [-0.2, 0) is 0 Å². The van der Waals surface area contributed by atoms with Crippen molar-refractivity contribution in [3.05, 3.63) is 16.0 Å². The third-order valence-corrected chi connectivity index (χ3v) is 2.60. The molecule has 5 nitrogen and oxygen atoms in total. The maximum atomic E-state index is 12.4. The number of hydrogen-bond donors (Lipinski definition) is 2. The van der Waals surface area contributed by atoms with Crippen LogP contribution < -0.4 is 5.73 Å². The van der Waals surface area contributed by atoms with E-state index in [4.69, 9.17) is 28.9 Å². The van der Waals surface area contributed by atoms with Crippen molar-refractivity contribution >= 4 is 40.1 Å². The number of imidazole rings is 1. The van der Waals surface area contributed by atoms with Gasteiger partial charge in [-0.05, 0) is 0 Å². The van der Waals surface area contributed by atoms with Gasteiger partial charge in [0.15, 0.2) is 10.8 Å². The van der Waals surface area contributed by atoms with E-state index in [1.807, 2.05) is 0 Å². The molecule has 2 aromatic heterocycles. The number of anilines is 1. The Kier molecular flexibility index (Phi) is 2.51. The first-order valence-corrected chi connectivity index (χ1v) is 4.69. The molecule has 0 spiro atoms. The molecule has 0 aliphatic rings. The quantitative estimate of drug-likeness (QED) is 0.616. The summed E-state index contributed by atoms with van der Waals surface area (Å²) in [5.41, 5.74) is 4.94. The van der Waals surface area contributed by atoms with E-state index < -0.39 is 12.2 Å². The van der Waals surface area contributed by atoms with E-state index >= 15 is 0 Å². The van der Waals surface area contributed by atoms with E-state index in [0.29, 0.717) is 0 Å². The molecule has 0 fully saturated rings. The number of alkyl halides is 2. The molecule has 2 rings (SSSR count). The number of rotatable bonds is 1. The van der Waals surface area contributed by atoms with Crippen molar-refractivity contribution in [2.45, 2.75) is 6.43 Å². The molecule has 2 aromatic rings. The molecule has 86 valence electrons. The number of aromatic nitrogens is 3. The van der Waals surface area contributed by atoms with Crippen molar-refractivity contribution in [1.29, 1.82) is 0 Å². The van der Waals surface area contributed by atoms with Gasteiger partial charge in [-0.1, -0.05) is 23.2 Å². The van der Waals surface area contributed by atoms with E-state index in [-0.39, 0.29) is 31.8 Å². The van der Waals surface area contributed by atoms with Crippen LogP contribution in [0.4, 0.5) is 14.5 Å². The lowest BCUT2D eigenvalue weighted by Gasteiger charge is -2.02. The fourth-order valence-electron chi connectivity index (χ4n) is 1.20. The van der Waals surface area contributed by atoms with Crippen LogP contribution in [0.25, 0.3) is 11.2 Å². The molecule has 0 amide bonds. The highest BCUT2D eigenvalue weighted by molar-refractivity contribution is 6.41. The second-order valence-corrected chi connectivity index (χ2v) is 3.62. The van der Waals surface area contributed by atoms with Crippen LogP contribution in [0, 0.1) is 0 Å². The molecule has 0 radical (unpaired) electrons. The third kappa shape index (κ3) is 1.43. The first kappa shape index (κ1) is 11.2. The van der Waals surface area contributed by atoms with Crippen molar-refractivity contribution in [1.82, 2.24) is 14.7 Å². The summed E-state index contributed by atoms with van der Waals surface area (Å²) in [6, 6.07) is 0. The van der Waals surface area contributed by atoms with Crippen LogP contribution in [0.3, 0.4) is 0 Å². The van der Waals surface area contributed by atoms with Crippen molar-refractivity contribution < 1.29 is 14.0 Å². The highest BCUT2D eigenvalue weighted by atomic mass is 35.5. The predicted octanol–water partition coefficient (Wildman–Crippen LogP) is 2.50. The monoisotopic (exact) mass is 268 g/mol. The van der Waals surface area contributed by atoms with Crippen molar-refractivity contribution in [3.8, 4) is 0 Å². The van der Waals surface area contributed by atoms with Crippen LogP contribution in [0.5, 0.6) is 0 Å². The molecule has 0 aliphatic heterocycles. The Bertz CT molecular complexity index is 571. The zero-order valence-electron chi connectivity index (χ0n) is 7.46. The fraction of sp³-hybridized carbons (Fsp3) is 0.143. The lowest BCUT2D eigenvalue weighted by atomic mass is 10.4. The lowest BCUT2D eigenvalue weighted by molar-refractivity contribution is 0.0948. The Hall–Kier alpha value is -1.34. The summed E-state index contributed by atoms with van der Waals surface area (Å²) in [6.45, 7) is 0. The maximum Gasteiger partial charge on any atom is 0.298 e. The summed E-state index contributed by atoms with van der Waals surface area (Å²) in [7, 11) is 0. The predicted molar refractivity (Wildman–Crippen MR) is 54.1 cm³/mol. The molecular weight excluding hydrogens is 265 g/mol. The Labute approximate surface area is 97.4 Å². The van der Waals surface area contributed by atoms with Crippen LogP contribution >= 0.6 is 23.2 Å². The summed E-state index contributed by atoms with van der Waals surface area (Å²) in [5, 5.41) is 9.08. The van der Waals surface area contributed by atoms with Crippen LogP contribution in [-0.4, -0.2) is 19.9 Å². The van der Waals surface area contributed by atoms with E-state index in [1.165, 1.54) is 0 Å². The van der Waals surface area contributed by atoms with Crippen molar-refractivity contribution in [2.75, 3.05) is 5.73 Å². The summed E-state index contributed by atoms with van der Waals surface area (Å²) in [4.78, 5) is 7.03. The van der Waals surface area contributed by atoms with Gasteiger partial charge in [-0.15, -0.1) is 0 Å². The molecular formula is C7H4Cl2F2N4O. The van der Waals surface area contributed by atoms with Gasteiger partial charge in [0.1, 0.15) is 5.52 Å². The Morgan fingerprint density at radius 3 is 2.50 bits per heavy atom. The SMILES string of the molecule is Nc1c(Cl)nc2nc(C(F)F)n(O)c2c1Cl. The average molecular weight is 269 g/mol. The zero-order chi connectivity index (χ0) is 12.0. The second kappa shape index (κ2) is 3.60. The zero-order valence-corrected chi connectivity index (χ0v) is 8.97. The van der Waals surface area contributed by atoms with Gasteiger partial charge in [-0.25, -0.2) is 18.7 Å². The van der Waals surface area contributed by atoms with E-state index in [9.17, 15) is 14.0 Å². The number of nitrogens with zero attached hydrogens (tertiary/aromatic N) is 3. The Morgan fingerprint density at radius 2 is 1.94 bits per heavy atom. The standard InChI is InChI=1S/C7H4Cl2F2N4O/c8-1-2(12)4(9)13-6-3(1)15(16)7(14-6)5(10)11/h5,16H,12H2. The average Bonchev–Trinajstić information content (AvgIpc) is 2.52. The van der Waals surface area contributed by atoms with E-state index in [1.54, 1.807) is 0 Å². The van der Waals surface area contributed by atoms with Gasteiger partial charge >= 0.3 is 0 Å². The molecule has 9 heteroatoms. The normalized spacial score (nSPS) is 11.6. The van der Waals surface area contributed by atoms with E-state index in [2.05, 4.69) is 9.97 Å². The minimum Gasteiger partial charge on any atom is -0.426 e. The Morgan fingerprint density at radius 1 is 1.31 bits per heavy atom. The number of nitrogen functional groups attached to an aromatic ring is 1. The van der Waals surface area contributed by atoms with Crippen LogP contribution in [0.1, 0.15) is 12.2 Å². The summed E-state index contributed by atoms with van der Waals surface area (Å²) < 4.78 is 25.0. The lowest BCUT2D eigenvalue weighted by Crippen LogP contribution is -2.00. The molecule has 0 unspecified atom stereocenters. The highest BCUT2D eigenvalue weighted by Crippen LogP contribution is 2.34. The van der Waals surface area contributed by atoms with Crippen molar-refractivity contribution in [2.24, 2.45) is 0 Å². The molecule has 0 aliphatic carbocycles. The van der Waals surface area contributed by atoms with Gasteiger partial charge in [-0.2, -0.15) is 4.73 Å². The summed E-state index contributed by atoms with van der Waals surface area (Å²) >= 11 is 11.3. The molecule has 0 atom stereocenters. The third-order valence-electron chi connectivity index (χ3n) is 1.93. The van der Waals surface area contributed by atoms with Gasteiger partial charge < -0.3 is 10.9 Å². The highest BCUT2D eigenvalue weighted by Gasteiger charge is 2.23. The fourth-order valence-corrected chi connectivity index (χ4v) is 1.68. The first-order valence-electron chi connectivity index (χ1n) is 3.93. The maximum absolute atomic E-state index is 12.4. The van der Waals surface area contributed by atoms with Gasteiger partial charge in [0.2, 0.25) is 5.82 Å². The molecule has 0 saturated heterocycles.